The van der Waals surface area contributed by atoms with E-state index < -0.39 is 0 Å². The first-order valence-electron chi connectivity index (χ1n) is 7.59. The number of nitrogens with two attached hydrogens (primary N) is 1. The molecule has 1 fully saturated rings. The van der Waals surface area contributed by atoms with Gasteiger partial charge in [0.1, 0.15) is 0 Å². The van der Waals surface area contributed by atoms with Crippen LogP contribution in [0.15, 0.2) is 18.2 Å². The molecule has 116 valence electrons. The van der Waals surface area contributed by atoms with Crippen LogP contribution in [-0.4, -0.2) is 32.3 Å². The summed E-state index contributed by atoms with van der Waals surface area (Å²) < 4.78 is 10.6. The summed E-state index contributed by atoms with van der Waals surface area (Å²) in [5, 5.41) is 3.27. The fraction of sp³-hybridized carbons (Fsp3) is 0.562. The molecule has 0 atom stereocenters. The number of rotatable bonds is 9. The molecule has 1 saturated carbocycles. The molecule has 1 aliphatic rings. The molecule has 0 spiro atoms. The van der Waals surface area contributed by atoms with Crippen molar-refractivity contribution < 1.29 is 14.3 Å². The monoisotopic (exact) mass is 292 g/mol. The van der Waals surface area contributed by atoms with Crippen molar-refractivity contribution in [3.05, 3.63) is 23.8 Å². The minimum absolute atomic E-state index is 0.342. The number of hydrogen-bond acceptors (Lipinski definition) is 5. The topological polar surface area (TPSA) is 73.6 Å². The van der Waals surface area contributed by atoms with Gasteiger partial charge in [-0.05, 0) is 50.3 Å². The molecule has 0 amide bonds. The van der Waals surface area contributed by atoms with Crippen molar-refractivity contribution in [3.8, 4) is 0 Å². The van der Waals surface area contributed by atoms with Crippen molar-refractivity contribution in [2.24, 2.45) is 5.92 Å². The molecule has 0 radical (unpaired) electrons. The Bertz CT molecular complexity index is 473. The summed E-state index contributed by atoms with van der Waals surface area (Å²) in [5.41, 5.74) is 7.52. The molecule has 3 N–H and O–H groups in total. The van der Waals surface area contributed by atoms with E-state index in [-0.39, 0.29) is 5.97 Å². The SMILES string of the molecule is CCOC(=O)c1cc(NCCCOCC2CC2)ccc1N. The molecule has 0 aromatic heterocycles. The van der Waals surface area contributed by atoms with Gasteiger partial charge in [0.2, 0.25) is 0 Å². The predicted octanol–water partition coefficient (Wildman–Crippen LogP) is 2.67. The lowest BCUT2D eigenvalue weighted by Crippen LogP contribution is -2.10. The standard InChI is InChI=1S/C16H24N2O3/c1-2-21-16(19)14-10-13(6-7-15(14)17)18-8-3-9-20-11-12-4-5-12/h6-7,10,12,18H,2-5,8-9,11,17H2,1H3. The largest absolute Gasteiger partial charge is 0.462 e. The third kappa shape index (κ3) is 5.27. The van der Waals surface area contributed by atoms with Crippen LogP contribution in [0.2, 0.25) is 0 Å². The highest BCUT2D eigenvalue weighted by atomic mass is 16.5. The quantitative estimate of drug-likeness (QED) is 0.416. The lowest BCUT2D eigenvalue weighted by molar-refractivity contribution is 0.0527. The van der Waals surface area contributed by atoms with Gasteiger partial charge in [-0.1, -0.05) is 0 Å². The summed E-state index contributed by atoms with van der Waals surface area (Å²) in [5.74, 6) is 0.425. The van der Waals surface area contributed by atoms with Crippen LogP contribution in [0.5, 0.6) is 0 Å². The maximum atomic E-state index is 11.8. The van der Waals surface area contributed by atoms with Gasteiger partial charge in [-0.15, -0.1) is 0 Å². The van der Waals surface area contributed by atoms with Crippen molar-refractivity contribution >= 4 is 17.3 Å². The maximum Gasteiger partial charge on any atom is 0.340 e. The van der Waals surface area contributed by atoms with Crippen LogP contribution in [0.25, 0.3) is 0 Å². The normalized spacial score (nSPS) is 14.0. The van der Waals surface area contributed by atoms with E-state index in [2.05, 4.69) is 5.32 Å². The maximum absolute atomic E-state index is 11.8. The highest BCUT2D eigenvalue weighted by Crippen LogP contribution is 2.28. The van der Waals surface area contributed by atoms with Crippen LogP contribution >= 0.6 is 0 Å². The molecular weight excluding hydrogens is 268 g/mol. The highest BCUT2D eigenvalue weighted by Gasteiger charge is 2.20. The summed E-state index contributed by atoms with van der Waals surface area (Å²) in [4.78, 5) is 11.8. The smallest absolute Gasteiger partial charge is 0.340 e. The molecule has 2 rings (SSSR count). The minimum Gasteiger partial charge on any atom is -0.462 e. The number of esters is 1. The number of carbonyl (C=O) groups excluding carboxylic acids is 1. The lowest BCUT2D eigenvalue weighted by atomic mass is 10.1. The predicted molar refractivity (Wildman–Crippen MR) is 83.5 cm³/mol. The molecule has 21 heavy (non-hydrogen) atoms. The Morgan fingerprint density at radius 2 is 2.24 bits per heavy atom. The van der Waals surface area contributed by atoms with Gasteiger partial charge in [0.15, 0.2) is 0 Å². The van der Waals surface area contributed by atoms with Crippen LogP contribution in [0.1, 0.15) is 36.5 Å². The lowest BCUT2D eigenvalue weighted by Gasteiger charge is -2.10. The zero-order valence-corrected chi connectivity index (χ0v) is 12.6. The molecule has 1 aromatic carbocycles. The number of ether oxygens (including phenoxy) is 2. The number of nitrogens with one attached hydrogen (secondary N) is 1. The fourth-order valence-corrected chi connectivity index (χ4v) is 1.99. The van der Waals surface area contributed by atoms with E-state index in [1.165, 1.54) is 12.8 Å². The van der Waals surface area contributed by atoms with E-state index in [4.69, 9.17) is 15.2 Å². The molecule has 0 bridgehead atoms. The summed E-state index contributed by atoms with van der Waals surface area (Å²) in [6.45, 7) is 4.58. The first-order chi connectivity index (χ1) is 10.2. The molecule has 5 heteroatoms. The van der Waals surface area contributed by atoms with E-state index in [9.17, 15) is 4.79 Å². The summed E-state index contributed by atoms with van der Waals surface area (Å²) >= 11 is 0. The van der Waals surface area contributed by atoms with Gasteiger partial charge >= 0.3 is 5.97 Å². The highest BCUT2D eigenvalue weighted by molar-refractivity contribution is 5.96. The Morgan fingerprint density at radius 3 is 2.95 bits per heavy atom. The molecule has 1 aliphatic carbocycles. The van der Waals surface area contributed by atoms with Crippen molar-refractivity contribution in [2.75, 3.05) is 37.4 Å². The summed E-state index contributed by atoms with van der Waals surface area (Å²) in [7, 11) is 0. The second-order valence-electron chi connectivity index (χ2n) is 5.32. The van der Waals surface area contributed by atoms with Crippen molar-refractivity contribution in [1.29, 1.82) is 0 Å². The fourth-order valence-electron chi connectivity index (χ4n) is 1.99. The Kier molecular flexibility index (Phi) is 5.87. The van der Waals surface area contributed by atoms with Crippen LogP contribution in [-0.2, 0) is 9.47 Å². The Morgan fingerprint density at radius 1 is 1.43 bits per heavy atom. The van der Waals surface area contributed by atoms with Gasteiger partial charge in [0.25, 0.3) is 0 Å². The molecule has 1 aromatic rings. The van der Waals surface area contributed by atoms with Gasteiger partial charge in [-0.2, -0.15) is 0 Å². The first-order valence-corrected chi connectivity index (χ1v) is 7.59. The van der Waals surface area contributed by atoms with Crippen molar-refractivity contribution in [2.45, 2.75) is 26.2 Å². The second kappa shape index (κ2) is 7.88. The van der Waals surface area contributed by atoms with E-state index in [1.54, 1.807) is 19.1 Å². The van der Waals surface area contributed by atoms with Gasteiger partial charge in [-0.3, -0.25) is 0 Å². The Balaban J connectivity index is 1.74. The molecule has 5 nitrogen and oxygen atoms in total. The van der Waals surface area contributed by atoms with E-state index >= 15 is 0 Å². The number of carbonyl (C=O) groups is 1. The molecule has 0 aliphatic heterocycles. The van der Waals surface area contributed by atoms with E-state index in [0.29, 0.717) is 17.9 Å². The number of anilines is 2. The average Bonchev–Trinajstić information content (AvgIpc) is 3.28. The van der Waals surface area contributed by atoms with Gasteiger partial charge in [-0.25, -0.2) is 4.79 Å². The van der Waals surface area contributed by atoms with Gasteiger partial charge in [0, 0.05) is 31.1 Å². The Hall–Kier alpha value is -1.75. The van der Waals surface area contributed by atoms with Crippen LogP contribution in [0.4, 0.5) is 11.4 Å². The van der Waals surface area contributed by atoms with Crippen LogP contribution < -0.4 is 11.1 Å². The third-order valence-electron chi connectivity index (χ3n) is 3.39. The van der Waals surface area contributed by atoms with Crippen molar-refractivity contribution in [3.63, 3.8) is 0 Å². The Labute approximate surface area is 125 Å². The number of hydrogen-bond donors (Lipinski definition) is 2. The molecule has 0 heterocycles. The van der Waals surface area contributed by atoms with Crippen molar-refractivity contribution in [1.82, 2.24) is 0 Å². The first kappa shape index (κ1) is 15.6. The summed E-state index contributed by atoms with van der Waals surface area (Å²) in [6, 6.07) is 5.32. The molecule has 0 saturated heterocycles. The number of nitrogen functional groups attached to an aromatic ring is 1. The van der Waals surface area contributed by atoms with Crippen LogP contribution in [0.3, 0.4) is 0 Å². The van der Waals surface area contributed by atoms with Gasteiger partial charge in [0.05, 0.1) is 12.2 Å². The molecule has 0 unspecified atom stereocenters. The van der Waals surface area contributed by atoms with E-state index in [0.717, 1.165) is 37.8 Å². The number of benzene rings is 1. The zero-order valence-electron chi connectivity index (χ0n) is 12.6. The average molecular weight is 292 g/mol. The van der Waals surface area contributed by atoms with Crippen LogP contribution in [0, 0.1) is 5.92 Å². The van der Waals surface area contributed by atoms with Gasteiger partial charge < -0.3 is 20.5 Å². The third-order valence-corrected chi connectivity index (χ3v) is 3.39. The summed E-state index contributed by atoms with van der Waals surface area (Å²) in [6.07, 6.45) is 3.58. The zero-order chi connectivity index (χ0) is 15.1. The molecular formula is C16H24N2O3. The second-order valence-corrected chi connectivity index (χ2v) is 5.32. The minimum atomic E-state index is -0.383. The van der Waals surface area contributed by atoms with E-state index in [1.807, 2.05) is 6.07 Å².